The number of likely N-dealkylation sites (tertiary alicyclic amines) is 1. The van der Waals surface area contributed by atoms with Crippen LogP contribution in [0.4, 0.5) is 5.69 Å². The molecule has 29 heavy (non-hydrogen) atoms. The van der Waals surface area contributed by atoms with E-state index in [-0.39, 0.29) is 16.9 Å². The average molecular weight is 408 g/mol. The van der Waals surface area contributed by atoms with Crippen LogP contribution in [0.25, 0.3) is 6.08 Å². The number of benzene rings is 2. The zero-order valence-corrected chi connectivity index (χ0v) is 17.2. The first kappa shape index (κ1) is 20.7. The number of rotatable bonds is 4. The van der Waals surface area contributed by atoms with Crippen molar-refractivity contribution in [3.05, 3.63) is 71.8 Å². The van der Waals surface area contributed by atoms with Crippen molar-refractivity contribution in [3.8, 4) is 0 Å². The third kappa shape index (κ3) is 6.26. The third-order valence-electron chi connectivity index (χ3n) is 4.90. The molecular weight excluding hydrogens is 382 g/mol. The molecule has 1 aliphatic rings. The van der Waals surface area contributed by atoms with Crippen molar-refractivity contribution in [2.45, 2.75) is 19.8 Å². The molecule has 1 aliphatic heterocycles. The maximum absolute atomic E-state index is 12.7. The van der Waals surface area contributed by atoms with Crippen LogP contribution in [0.15, 0.2) is 60.7 Å². The van der Waals surface area contributed by atoms with Gasteiger partial charge in [0, 0.05) is 30.4 Å². The van der Waals surface area contributed by atoms with Crippen LogP contribution in [-0.2, 0) is 4.79 Å². The molecule has 1 saturated heterocycles. The Morgan fingerprint density at radius 3 is 2.52 bits per heavy atom. The number of amides is 2. The molecule has 2 N–H and O–H groups in total. The second-order valence-electron chi connectivity index (χ2n) is 7.24. The second-order valence-corrected chi connectivity index (χ2v) is 7.65. The van der Waals surface area contributed by atoms with Gasteiger partial charge in [0.15, 0.2) is 5.11 Å². The van der Waals surface area contributed by atoms with Gasteiger partial charge in [-0.3, -0.25) is 14.9 Å². The predicted molar refractivity (Wildman–Crippen MR) is 121 cm³/mol. The summed E-state index contributed by atoms with van der Waals surface area (Å²) in [6.45, 7) is 3.80. The number of carbonyl (C=O) groups is 2. The van der Waals surface area contributed by atoms with Crippen LogP contribution in [0, 0.1) is 5.92 Å². The van der Waals surface area contributed by atoms with E-state index in [9.17, 15) is 9.59 Å². The minimum absolute atomic E-state index is 0.0290. The molecule has 1 fully saturated rings. The largest absolute Gasteiger partial charge is 0.339 e. The Balaban J connectivity index is 1.55. The monoisotopic (exact) mass is 407 g/mol. The van der Waals surface area contributed by atoms with Gasteiger partial charge in [0.25, 0.3) is 5.91 Å². The van der Waals surface area contributed by atoms with E-state index in [0.29, 0.717) is 17.2 Å². The first-order valence-corrected chi connectivity index (χ1v) is 10.2. The van der Waals surface area contributed by atoms with Gasteiger partial charge < -0.3 is 10.2 Å². The molecule has 6 heteroatoms. The summed E-state index contributed by atoms with van der Waals surface area (Å²) in [7, 11) is 0. The van der Waals surface area contributed by atoms with Crippen LogP contribution >= 0.6 is 12.2 Å². The van der Waals surface area contributed by atoms with Gasteiger partial charge in [-0.1, -0.05) is 43.3 Å². The number of piperidine rings is 1. The molecule has 0 saturated carbocycles. The van der Waals surface area contributed by atoms with E-state index in [2.05, 4.69) is 17.6 Å². The van der Waals surface area contributed by atoms with E-state index in [1.807, 2.05) is 47.4 Å². The molecule has 1 heterocycles. The van der Waals surface area contributed by atoms with Crippen LogP contribution in [-0.4, -0.2) is 34.9 Å². The summed E-state index contributed by atoms with van der Waals surface area (Å²) in [5.74, 6) is 0.381. The fourth-order valence-corrected chi connectivity index (χ4v) is 3.39. The topological polar surface area (TPSA) is 61.4 Å². The number of hydrogen-bond acceptors (Lipinski definition) is 3. The van der Waals surface area contributed by atoms with Crippen LogP contribution in [0.3, 0.4) is 0 Å². The van der Waals surface area contributed by atoms with Gasteiger partial charge in [-0.15, -0.1) is 0 Å². The minimum Gasteiger partial charge on any atom is -0.339 e. The van der Waals surface area contributed by atoms with Crippen molar-refractivity contribution < 1.29 is 9.59 Å². The Kier molecular flexibility index (Phi) is 7.14. The average Bonchev–Trinajstić information content (AvgIpc) is 2.73. The Morgan fingerprint density at radius 1 is 1.07 bits per heavy atom. The molecule has 3 rings (SSSR count). The van der Waals surface area contributed by atoms with E-state index >= 15 is 0 Å². The Labute approximate surface area is 176 Å². The molecule has 0 aliphatic carbocycles. The van der Waals surface area contributed by atoms with Crippen LogP contribution in [0.2, 0.25) is 0 Å². The van der Waals surface area contributed by atoms with Gasteiger partial charge in [-0.05, 0) is 60.8 Å². The standard InChI is InChI=1S/C23H25N3O2S/c1-17-12-14-26(15-13-17)22(28)19-8-5-9-20(16-19)24-23(29)25-21(27)11-10-18-6-3-2-4-7-18/h2-11,16-17H,12-15H2,1H3,(H2,24,25,27,29)/b11-10+. The number of nitrogens with one attached hydrogen (secondary N) is 2. The number of thiocarbonyl (C=S) groups is 1. The zero-order chi connectivity index (χ0) is 20.6. The Morgan fingerprint density at radius 2 is 1.79 bits per heavy atom. The molecule has 0 radical (unpaired) electrons. The SMILES string of the molecule is CC1CCN(C(=O)c2cccc(NC(=S)NC(=O)/C=C/c3ccccc3)c2)CC1. The normalized spacial score (nSPS) is 14.6. The summed E-state index contributed by atoms with van der Waals surface area (Å²) >= 11 is 5.22. The van der Waals surface area contributed by atoms with Crippen molar-refractivity contribution in [2.24, 2.45) is 5.92 Å². The number of anilines is 1. The highest BCUT2D eigenvalue weighted by Crippen LogP contribution is 2.19. The maximum Gasteiger partial charge on any atom is 0.253 e. The summed E-state index contributed by atoms with van der Waals surface area (Å²) in [5.41, 5.74) is 2.21. The Hall–Kier alpha value is -2.99. The van der Waals surface area contributed by atoms with E-state index in [1.54, 1.807) is 18.2 Å². The van der Waals surface area contributed by atoms with E-state index < -0.39 is 0 Å². The van der Waals surface area contributed by atoms with Gasteiger partial charge in [0.2, 0.25) is 5.91 Å². The molecule has 0 spiro atoms. The van der Waals surface area contributed by atoms with Gasteiger partial charge in [-0.25, -0.2) is 0 Å². The van der Waals surface area contributed by atoms with E-state index in [1.165, 1.54) is 6.08 Å². The molecule has 0 atom stereocenters. The summed E-state index contributed by atoms with van der Waals surface area (Å²) in [6.07, 6.45) is 5.23. The number of carbonyl (C=O) groups excluding carboxylic acids is 2. The van der Waals surface area contributed by atoms with Crippen molar-refractivity contribution in [1.29, 1.82) is 0 Å². The lowest BCUT2D eigenvalue weighted by molar-refractivity contribution is -0.115. The van der Waals surface area contributed by atoms with Crippen LogP contribution < -0.4 is 10.6 Å². The van der Waals surface area contributed by atoms with E-state index in [4.69, 9.17) is 12.2 Å². The quantitative estimate of drug-likeness (QED) is 0.592. The van der Waals surface area contributed by atoms with Crippen molar-refractivity contribution in [3.63, 3.8) is 0 Å². The van der Waals surface area contributed by atoms with Gasteiger partial charge in [0.05, 0.1) is 0 Å². The van der Waals surface area contributed by atoms with E-state index in [0.717, 1.165) is 31.5 Å². The lowest BCUT2D eigenvalue weighted by Gasteiger charge is -2.30. The summed E-state index contributed by atoms with van der Waals surface area (Å²) in [4.78, 5) is 26.7. The van der Waals surface area contributed by atoms with Crippen molar-refractivity contribution in [1.82, 2.24) is 10.2 Å². The summed E-state index contributed by atoms with van der Waals surface area (Å²) < 4.78 is 0. The van der Waals surface area contributed by atoms with Gasteiger partial charge in [-0.2, -0.15) is 0 Å². The van der Waals surface area contributed by atoms with Crippen LogP contribution in [0.1, 0.15) is 35.7 Å². The maximum atomic E-state index is 12.7. The number of hydrogen-bond donors (Lipinski definition) is 2. The lowest BCUT2D eigenvalue weighted by atomic mass is 9.98. The molecule has 2 aromatic carbocycles. The molecule has 0 bridgehead atoms. The summed E-state index contributed by atoms with van der Waals surface area (Å²) in [5, 5.41) is 5.77. The first-order chi connectivity index (χ1) is 14.0. The molecule has 0 unspecified atom stereocenters. The van der Waals surface area contributed by atoms with Crippen molar-refractivity contribution in [2.75, 3.05) is 18.4 Å². The molecule has 2 aromatic rings. The van der Waals surface area contributed by atoms with Crippen molar-refractivity contribution >= 4 is 40.9 Å². The number of nitrogens with zero attached hydrogens (tertiary/aromatic N) is 1. The smallest absolute Gasteiger partial charge is 0.253 e. The Bertz CT molecular complexity index is 903. The second kappa shape index (κ2) is 9.98. The molecule has 0 aromatic heterocycles. The fourth-order valence-electron chi connectivity index (χ4n) is 3.18. The molecular formula is C23H25N3O2S. The van der Waals surface area contributed by atoms with Gasteiger partial charge >= 0.3 is 0 Å². The minimum atomic E-state index is -0.318. The summed E-state index contributed by atoms with van der Waals surface area (Å²) in [6, 6.07) is 16.7. The zero-order valence-electron chi connectivity index (χ0n) is 16.4. The molecule has 5 nitrogen and oxygen atoms in total. The molecule has 150 valence electrons. The predicted octanol–water partition coefficient (Wildman–Crippen LogP) is 4.09. The fraction of sp³-hybridized carbons (Fsp3) is 0.261. The third-order valence-corrected chi connectivity index (χ3v) is 5.11. The van der Waals surface area contributed by atoms with Gasteiger partial charge in [0.1, 0.15) is 0 Å². The highest BCUT2D eigenvalue weighted by Gasteiger charge is 2.21. The highest BCUT2D eigenvalue weighted by molar-refractivity contribution is 7.80. The highest BCUT2D eigenvalue weighted by atomic mass is 32.1. The first-order valence-electron chi connectivity index (χ1n) is 9.76. The van der Waals surface area contributed by atoms with Crippen LogP contribution in [0.5, 0.6) is 0 Å². The molecule has 2 amide bonds. The lowest BCUT2D eigenvalue weighted by Crippen LogP contribution is -2.38.